The van der Waals surface area contributed by atoms with Crippen LogP contribution in [0, 0.1) is 11.3 Å². The maximum atomic E-state index is 12.9. The van der Waals surface area contributed by atoms with Crippen molar-refractivity contribution in [1.29, 1.82) is 5.26 Å². The summed E-state index contributed by atoms with van der Waals surface area (Å²) in [7, 11) is 0. The second-order valence-corrected chi connectivity index (χ2v) is 8.46. The van der Waals surface area contributed by atoms with E-state index in [0.717, 1.165) is 34.5 Å². The maximum Gasteiger partial charge on any atom is 0.253 e. The first-order valence-corrected chi connectivity index (χ1v) is 10.5. The Bertz CT molecular complexity index is 1230. The van der Waals surface area contributed by atoms with E-state index in [4.69, 9.17) is 5.73 Å². The minimum atomic E-state index is -0.653. The number of piperazine rings is 1. The average Bonchev–Trinajstić information content (AvgIpc) is 3.44. The molecule has 2 fully saturated rings. The van der Waals surface area contributed by atoms with Gasteiger partial charge in [-0.2, -0.15) is 5.26 Å². The quantitative estimate of drug-likeness (QED) is 0.788. The van der Waals surface area contributed by atoms with Gasteiger partial charge in [-0.1, -0.05) is 18.2 Å². The van der Waals surface area contributed by atoms with Gasteiger partial charge in [0.1, 0.15) is 0 Å². The molecular weight excluding hydrogens is 390 g/mol. The van der Waals surface area contributed by atoms with E-state index in [0.29, 0.717) is 43.9 Å². The van der Waals surface area contributed by atoms with Crippen molar-refractivity contribution >= 4 is 17.4 Å². The normalized spacial score (nSPS) is 18.8. The van der Waals surface area contributed by atoms with Crippen molar-refractivity contribution in [3.05, 3.63) is 58.6 Å². The SMILES string of the molecule is N#CC1=c2cc(-c3ccc(C(=O)N4CCN(C(=O)C5(N)CC5)CC4)cc3)ccc2=NC1. The molecule has 0 radical (unpaired) electrons. The van der Waals surface area contributed by atoms with Gasteiger partial charge in [-0.3, -0.25) is 14.6 Å². The molecule has 0 unspecified atom stereocenters. The first-order chi connectivity index (χ1) is 15.0. The van der Waals surface area contributed by atoms with E-state index in [-0.39, 0.29) is 11.8 Å². The number of hydrogen-bond donors (Lipinski definition) is 1. The van der Waals surface area contributed by atoms with Crippen LogP contribution in [0.1, 0.15) is 23.2 Å². The molecule has 5 rings (SSSR count). The highest BCUT2D eigenvalue weighted by Gasteiger charge is 2.48. The van der Waals surface area contributed by atoms with Crippen molar-refractivity contribution in [2.45, 2.75) is 18.4 Å². The molecular formula is C24H23N5O2. The number of benzene rings is 2. The number of amides is 2. The molecule has 0 aromatic heterocycles. The molecule has 0 atom stereocenters. The van der Waals surface area contributed by atoms with Gasteiger partial charge in [-0.05, 0) is 48.2 Å². The van der Waals surface area contributed by atoms with Gasteiger partial charge in [0.25, 0.3) is 5.91 Å². The van der Waals surface area contributed by atoms with Crippen molar-refractivity contribution in [3.8, 4) is 17.2 Å². The first-order valence-electron chi connectivity index (χ1n) is 10.5. The molecule has 156 valence electrons. The summed E-state index contributed by atoms with van der Waals surface area (Å²) in [4.78, 5) is 33.2. The lowest BCUT2D eigenvalue weighted by molar-refractivity contribution is -0.135. The fraction of sp³-hybridized carbons (Fsp3) is 0.333. The third kappa shape index (κ3) is 3.49. The number of fused-ring (bicyclic) bond motifs is 1. The summed E-state index contributed by atoms with van der Waals surface area (Å²) in [6, 6.07) is 15.7. The summed E-state index contributed by atoms with van der Waals surface area (Å²) in [5, 5.41) is 11.0. The number of nitrogens with two attached hydrogens (primary N) is 1. The highest BCUT2D eigenvalue weighted by Crippen LogP contribution is 2.34. The van der Waals surface area contributed by atoms with Crippen LogP contribution in [0.2, 0.25) is 0 Å². The van der Waals surface area contributed by atoms with E-state index in [1.54, 1.807) is 9.80 Å². The summed E-state index contributed by atoms with van der Waals surface area (Å²) in [6.07, 6.45) is 1.51. The fourth-order valence-electron chi connectivity index (χ4n) is 4.20. The number of nitrogens with zero attached hydrogens (tertiary/aromatic N) is 4. The first kappa shape index (κ1) is 19.5. The van der Waals surface area contributed by atoms with Gasteiger partial charge in [-0.25, -0.2) is 0 Å². The van der Waals surface area contributed by atoms with E-state index in [2.05, 4.69) is 11.1 Å². The van der Waals surface area contributed by atoms with Crippen LogP contribution < -0.4 is 16.3 Å². The molecule has 2 aromatic carbocycles. The van der Waals surface area contributed by atoms with Crippen LogP contribution >= 0.6 is 0 Å². The summed E-state index contributed by atoms with van der Waals surface area (Å²) < 4.78 is 0. The third-order valence-corrected chi connectivity index (χ3v) is 6.40. The predicted molar refractivity (Wildman–Crippen MR) is 115 cm³/mol. The van der Waals surface area contributed by atoms with Crippen LogP contribution in [0.25, 0.3) is 16.7 Å². The van der Waals surface area contributed by atoms with E-state index < -0.39 is 5.54 Å². The van der Waals surface area contributed by atoms with Gasteiger partial charge >= 0.3 is 0 Å². The summed E-state index contributed by atoms with van der Waals surface area (Å²) in [5.74, 6) is -0.0108. The molecule has 3 aliphatic rings. The Morgan fingerprint density at radius 2 is 1.61 bits per heavy atom. The zero-order valence-electron chi connectivity index (χ0n) is 17.2. The highest BCUT2D eigenvalue weighted by atomic mass is 16.2. The fourth-order valence-corrected chi connectivity index (χ4v) is 4.20. The van der Waals surface area contributed by atoms with Gasteiger partial charge < -0.3 is 15.5 Å². The van der Waals surface area contributed by atoms with E-state index in [9.17, 15) is 14.9 Å². The lowest BCUT2D eigenvalue weighted by atomic mass is 10.0. The molecule has 1 saturated carbocycles. The van der Waals surface area contributed by atoms with Crippen LogP contribution in [0.4, 0.5) is 0 Å². The summed E-state index contributed by atoms with van der Waals surface area (Å²) >= 11 is 0. The molecule has 0 bridgehead atoms. The molecule has 2 amide bonds. The van der Waals surface area contributed by atoms with Crippen molar-refractivity contribution in [2.24, 2.45) is 10.7 Å². The van der Waals surface area contributed by atoms with E-state index in [1.807, 2.05) is 42.5 Å². The number of nitriles is 1. The Morgan fingerprint density at radius 3 is 2.26 bits per heavy atom. The highest BCUT2D eigenvalue weighted by molar-refractivity contribution is 5.95. The molecule has 2 aromatic rings. The van der Waals surface area contributed by atoms with Crippen molar-refractivity contribution in [1.82, 2.24) is 9.80 Å². The van der Waals surface area contributed by atoms with Crippen molar-refractivity contribution < 1.29 is 9.59 Å². The molecule has 7 heteroatoms. The lowest BCUT2D eigenvalue weighted by Gasteiger charge is -2.36. The van der Waals surface area contributed by atoms with Crippen LogP contribution in [0.15, 0.2) is 47.5 Å². The smallest absolute Gasteiger partial charge is 0.253 e. The number of carbonyl (C=O) groups excluding carboxylic acids is 2. The second-order valence-electron chi connectivity index (χ2n) is 8.46. The van der Waals surface area contributed by atoms with Gasteiger partial charge in [-0.15, -0.1) is 0 Å². The van der Waals surface area contributed by atoms with E-state index >= 15 is 0 Å². The molecule has 31 heavy (non-hydrogen) atoms. The zero-order chi connectivity index (χ0) is 21.6. The van der Waals surface area contributed by atoms with Crippen molar-refractivity contribution in [2.75, 3.05) is 32.7 Å². The van der Waals surface area contributed by atoms with Gasteiger partial charge in [0.15, 0.2) is 0 Å². The Morgan fingerprint density at radius 1 is 0.968 bits per heavy atom. The summed E-state index contributed by atoms with van der Waals surface area (Å²) in [5.41, 5.74) is 8.65. The average molecular weight is 413 g/mol. The van der Waals surface area contributed by atoms with Crippen molar-refractivity contribution in [3.63, 3.8) is 0 Å². The largest absolute Gasteiger partial charge is 0.338 e. The van der Waals surface area contributed by atoms with Gasteiger partial charge in [0, 0.05) is 37.0 Å². The van der Waals surface area contributed by atoms with Crippen LogP contribution in [0.3, 0.4) is 0 Å². The predicted octanol–water partition coefficient (Wildman–Crippen LogP) is 0.437. The Balaban J connectivity index is 1.28. The topological polar surface area (TPSA) is 103 Å². The number of carbonyl (C=O) groups is 2. The molecule has 0 spiro atoms. The zero-order valence-corrected chi connectivity index (χ0v) is 17.2. The van der Waals surface area contributed by atoms with Crippen LogP contribution in [-0.4, -0.2) is 59.9 Å². The number of rotatable bonds is 3. The molecule has 2 aliphatic heterocycles. The third-order valence-electron chi connectivity index (χ3n) is 6.40. The number of hydrogen-bond acceptors (Lipinski definition) is 5. The standard InChI is InChI=1S/C24H23N5O2/c25-14-19-15-27-21-6-5-18(13-20(19)21)16-1-3-17(4-2-16)22(30)28-9-11-29(12-10-28)23(31)24(26)7-8-24/h1-6,13H,7-12,15,26H2. The van der Waals surface area contributed by atoms with Crippen LogP contribution in [-0.2, 0) is 4.79 Å². The molecule has 7 nitrogen and oxygen atoms in total. The van der Waals surface area contributed by atoms with Gasteiger partial charge in [0.05, 0.1) is 29.1 Å². The Labute approximate surface area is 180 Å². The molecule has 1 saturated heterocycles. The maximum absolute atomic E-state index is 12.9. The monoisotopic (exact) mass is 413 g/mol. The molecule has 2 heterocycles. The van der Waals surface area contributed by atoms with Crippen LogP contribution in [0.5, 0.6) is 0 Å². The summed E-state index contributed by atoms with van der Waals surface area (Å²) in [6.45, 7) is 2.53. The second kappa shape index (κ2) is 7.33. The Hall–Kier alpha value is -3.50. The molecule has 1 aliphatic carbocycles. The van der Waals surface area contributed by atoms with Gasteiger partial charge in [0.2, 0.25) is 5.91 Å². The minimum absolute atomic E-state index is 0.0166. The van der Waals surface area contributed by atoms with E-state index in [1.165, 1.54) is 0 Å². The lowest BCUT2D eigenvalue weighted by Crippen LogP contribution is -2.55. The molecule has 2 N–H and O–H groups in total. The Kier molecular flexibility index (Phi) is 4.60. The minimum Gasteiger partial charge on any atom is -0.338 e.